The molecule has 1 N–H and O–H groups in total. The zero-order valence-electron chi connectivity index (χ0n) is 15.1. The summed E-state index contributed by atoms with van der Waals surface area (Å²) in [4.78, 5) is 23.9. The molecule has 0 unspecified atom stereocenters. The van der Waals surface area contributed by atoms with Crippen LogP contribution in [0.4, 0.5) is 5.69 Å². The van der Waals surface area contributed by atoms with Crippen molar-refractivity contribution in [2.75, 3.05) is 19.0 Å². The third kappa shape index (κ3) is 5.47. The van der Waals surface area contributed by atoms with Gasteiger partial charge in [-0.2, -0.15) is 5.26 Å². The number of amides is 1. The summed E-state index contributed by atoms with van der Waals surface area (Å²) < 4.78 is 10.1. The van der Waals surface area contributed by atoms with E-state index in [9.17, 15) is 14.9 Å². The number of anilines is 1. The number of hydrogen-bond donors (Lipinski definition) is 1. The summed E-state index contributed by atoms with van der Waals surface area (Å²) in [5, 5.41) is 12.4. The van der Waals surface area contributed by atoms with Crippen molar-refractivity contribution >= 4 is 35.2 Å². The van der Waals surface area contributed by atoms with E-state index in [0.717, 1.165) is 0 Å². The van der Waals surface area contributed by atoms with Crippen LogP contribution in [0.2, 0.25) is 5.02 Å². The molecule has 0 aliphatic heterocycles. The minimum absolute atomic E-state index is 0.136. The van der Waals surface area contributed by atoms with Crippen molar-refractivity contribution in [2.45, 2.75) is 0 Å². The first kappa shape index (κ1) is 20.7. The van der Waals surface area contributed by atoms with Gasteiger partial charge in [0.05, 0.1) is 12.7 Å². The summed E-state index contributed by atoms with van der Waals surface area (Å²) in [6.07, 6.45) is 2.97. The van der Waals surface area contributed by atoms with Crippen LogP contribution >= 0.6 is 11.6 Å². The van der Waals surface area contributed by atoms with Gasteiger partial charge in [0.1, 0.15) is 24.0 Å². The zero-order valence-corrected chi connectivity index (χ0v) is 15.8. The number of esters is 1. The van der Waals surface area contributed by atoms with Crippen molar-refractivity contribution in [3.05, 3.63) is 76.8 Å². The average Bonchev–Trinajstić information content (AvgIpc) is 2.71. The molecule has 0 radical (unpaired) electrons. The average molecular weight is 397 g/mol. The van der Waals surface area contributed by atoms with Crippen molar-refractivity contribution in [2.24, 2.45) is 0 Å². The van der Waals surface area contributed by atoms with Gasteiger partial charge in [0.2, 0.25) is 0 Å². The van der Waals surface area contributed by atoms with Gasteiger partial charge >= 0.3 is 5.97 Å². The van der Waals surface area contributed by atoms with Gasteiger partial charge in [0.15, 0.2) is 0 Å². The lowest BCUT2D eigenvalue weighted by molar-refractivity contribution is -0.112. The number of nitrogens with zero attached hydrogens (tertiary/aromatic N) is 1. The Kier molecular flexibility index (Phi) is 7.37. The maximum atomic E-state index is 12.4. The smallest absolute Gasteiger partial charge is 0.337 e. The summed E-state index contributed by atoms with van der Waals surface area (Å²) in [6, 6.07) is 12.9. The fraction of sp³-hybridized carbons (Fsp3) is 0.0952. The number of rotatable bonds is 7. The van der Waals surface area contributed by atoms with Gasteiger partial charge in [0.25, 0.3) is 5.91 Å². The topological polar surface area (TPSA) is 88.4 Å². The highest BCUT2D eigenvalue weighted by atomic mass is 35.5. The molecule has 0 bridgehead atoms. The van der Waals surface area contributed by atoms with E-state index < -0.39 is 11.9 Å². The highest BCUT2D eigenvalue weighted by molar-refractivity contribution is 6.30. The standard InChI is InChI=1S/C21H17ClN2O4/c1-3-10-28-19-9-6-17(22)12-15(19)11-16(13-23)20(25)24-18-7-4-14(5-8-18)21(26)27-2/h3-9,11-12H,1,10H2,2H3,(H,24,25)/b16-11+. The summed E-state index contributed by atoms with van der Waals surface area (Å²) in [7, 11) is 1.28. The summed E-state index contributed by atoms with van der Waals surface area (Å²) >= 11 is 6.01. The lowest BCUT2D eigenvalue weighted by Crippen LogP contribution is -2.13. The number of halogens is 1. The van der Waals surface area contributed by atoms with E-state index in [1.54, 1.807) is 24.3 Å². The number of hydrogen-bond acceptors (Lipinski definition) is 5. The number of carbonyl (C=O) groups excluding carboxylic acids is 2. The SMILES string of the molecule is C=CCOc1ccc(Cl)cc1/C=C(\C#N)C(=O)Nc1ccc(C(=O)OC)cc1. The number of nitrogens with one attached hydrogen (secondary N) is 1. The molecule has 7 heteroatoms. The molecule has 0 aliphatic carbocycles. The van der Waals surface area contributed by atoms with E-state index in [1.165, 1.54) is 37.5 Å². The number of nitriles is 1. The Morgan fingerprint density at radius 3 is 2.57 bits per heavy atom. The van der Waals surface area contributed by atoms with Crippen LogP contribution in [0.1, 0.15) is 15.9 Å². The second-order valence-electron chi connectivity index (χ2n) is 5.47. The van der Waals surface area contributed by atoms with E-state index in [0.29, 0.717) is 27.6 Å². The Balaban J connectivity index is 2.24. The van der Waals surface area contributed by atoms with Gasteiger partial charge in [-0.25, -0.2) is 4.79 Å². The van der Waals surface area contributed by atoms with Gasteiger partial charge in [-0.1, -0.05) is 24.3 Å². The Labute approximate surface area is 167 Å². The van der Waals surface area contributed by atoms with Crippen molar-refractivity contribution in [3.8, 4) is 11.8 Å². The van der Waals surface area contributed by atoms with Gasteiger partial charge in [-0.15, -0.1) is 0 Å². The van der Waals surface area contributed by atoms with Crippen LogP contribution in [-0.2, 0) is 9.53 Å². The zero-order chi connectivity index (χ0) is 20.5. The predicted molar refractivity (Wildman–Crippen MR) is 107 cm³/mol. The fourth-order valence-electron chi connectivity index (χ4n) is 2.22. The van der Waals surface area contributed by atoms with Crippen molar-refractivity contribution < 1.29 is 19.1 Å². The molecule has 0 aromatic heterocycles. The molecule has 1 amide bonds. The van der Waals surface area contributed by atoms with Crippen molar-refractivity contribution in [1.29, 1.82) is 5.26 Å². The molecule has 0 aliphatic rings. The minimum Gasteiger partial charge on any atom is -0.489 e. The summed E-state index contributed by atoms with van der Waals surface area (Å²) in [5.41, 5.74) is 1.12. The Morgan fingerprint density at radius 2 is 1.96 bits per heavy atom. The Morgan fingerprint density at radius 1 is 1.25 bits per heavy atom. The first-order chi connectivity index (χ1) is 13.5. The first-order valence-electron chi connectivity index (χ1n) is 8.13. The van der Waals surface area contributed by atoms with Crippen molar-refractivity contribution in [3.63, 3.8) is 0 Å². The molecule has 142 valence electrons. The molecular formula is C21H17ClN2O4. The molecular weight excluding hydrogens is 380 g/mol. The van der Waals surface area contributed by atoms with Crippen LogP contribution in [0.3, 0.4) is 0 Å². The van der Waals surface area contributed by atoms with Crippen LogP contribution in [0.5, 0.6) is 5.75 Å². The molecule has 0 saturated carbocycles. The summed E-state index contributed by atoms with van der Waals surface area (Å²) in [6.45, 7) is 3.85. The van der Waals surface area contributed by atoms with Crippen LogP contribution in [-0.4, -0.2) is 25.6 Å². The lowest BCUT2D eigenvalue weighted by Gasteiger charge is -2.09. The van der Waals surface area contributed by atoms with E-state index in [1.807, 2.05) is 6.07 Å². The molecule has 0 fully saturated rings. The van der Waals surface area contributed by atoms with E-state index in [2.05, 4.69) is 16.6 Å². The van der Waals surface area contributed by atoms with Crippen LogP contribution < -0.4 is 10.1 Å². The molecule has 6 nitrogen and oxygen atoms in total. The minimum atomic E-state index is -0.608. The molecule has 0 saturated heterocycles. The van der Waals surface area contributed by atoms with Crippen molar-refractivity contribution in [1.82, 2.24) is 0 Å². The normalized spacial score (nSPS) is 10.5. The number of carbonyl (C=O) groups is 2. The maximum absolute atomic E-state index is 12.4. The number of methoxy groups -OCH3 is 1. The second-order valence-corrected chi connectivity index (χ2v) is 5.91. The molecule has 2 rings (SSSR count). The molecule has 0 atom stereocenters. The number of benzene rings is 2. The van der Waals surface area contributed by atoms with Crippen LogP contribution in [0.15, 0.2) is 60.7 Å². The molecule has 0 spiro atoms. The molecule has 2 aromatic rings. The maximum Gasteiger partial charge on any atom is 0.337 e. The van der Waals surface area contributed by atoms with E-state index in [-0.39, 0.29) is 12.2 Å². The first-order valence-corrected chi connectivity index (χ1v) is 8.51. The van der Waals surface area contributed by atoms with Crippen LogP contribution in [0.25, 0.3) is 6.08 Å². The highest BCUT2D eigenvalue weighted by Gasteiger charge is 2.13. The van der Waals surface area contributed by atoms with E-state index >= 15 is 0 Å². The predicted octanol–water partition coefficient (Wildman–Crippen LogP) is 4.24. The Hall–Kier alpha value is -3.56. The van der Waals surface area contributed by atoms with Gasteiger partial charge in [-0.3, -0.25) is 4.79 Å². The largest absolute Gasteiger partial charge is 0.489 e. The Bertz CT molecular complexity index is 959. The van der Waals surface area contributed by atoms with Crippen LogP contribution in [0, 0.1) is 11.3 Å². The quantitative estimate of drug-likeness (QED) is 0.327. The third-order valence-corrected chi connectivity index (χ3v) is 3.79. The molecule has 2 aromatic carbocycles. The van der Waals surface area contributed by atoms with E-state index in [4.69, 9.17) is 16.3 Å². The van der Waals surface area contributed by atoms with Gasteiger partial charge in [-0.05, 0) is 48.5 Å². The number of ether oxygens (including phenoxy) is 2. The lowest BCUT2D eigenvalue weighted by atomic mass is 10.1. The third-order valence-electron chi connectivity index (χ3n) is 3.56. The summed E-state index contributed by atoms with van der Waals surface area (Å²) in [5.74, 6) is -0.626. The fourth-order valence-corrected chi connectivity index (χ4v) is 2.40. The van der Waals surface area contributed by atoms with Gasteiger partial charge < -0.3 is 14.8 Å². The molecule has 28 heavy (non-hydrogen) atoms. The highest BCUT2D eigenvalue weighted by Crippen LogP contribution is 2.25. The monoisotopic (exact) mass is 396 g/mol. The molecule has 0 heterocycles. The second kappa shape index (κ2) is 9.95. The van der Waals surface area contributed by atoms with Gasteiger partial charge in [0, 0.05) is 16.3 Å².